The minimum atomic E-state index is -0.376. The molecule has 1 rings (SSSR count). The maximum atomic E-state index is 11.1. The van der Waals surface area contributed by atoms with Crippen LogP contribution in [0.25, 0.3) is 0 Å². The molecule has 18 heavy (non-hydrogen) atoms. The molecule has 0 aliphatic rings. The Morgan fingerprint density at radius 2 is 2.22 bits per heavy atom. The van der Waals surface area contributed by atoms with Crippen molar-refractivity contribution in [3.05, 3.63) is 6.07 Å². The van der Waals surface area contributed by atoms with Gasteiger partial charge in [-0.2, -0.15) is 0 Å². The third-order valence-corrected chi connectivity index (χ3v) is 2.92. The van der Waals surface area contributed by atoms with Crippen molar-refractivity contribution in [2.45, 2.75) is 25.0 Å². The van der Waals surface area contributed by atoms with Gasteiger partial charge >= 0.3 is 0 Å². The first kappa shape index (κ1) is 14.6. The molecule has 0 atom stereocenters. The van der Waals surface area contributed by atoms with Crippen molar-refractivity contribution >= 4 is 29.3 Å². The summed E-state index contributed by atoms with van der Waals surface area (Å²) in [6.07, 6.45) is 1.91. The fourth-order valence-electron chi connectivity index (χ4n) is 1.48. The van der Waals surface area contributed by atoms with Crippen molar-refractivity contribution in [3.63, 3.8) is 0 Å². The number of carbonyl (C=O) groups excluding carboxylic acids is 1. The molecule has 0 aliphatic heterocycles. The quantitative estimate of drug-likeness (QED) is 0.590. The van der Waals surface area contributed by atoms with E-state index in [9.17, 15) is 4.79 Å². The Hall–Kier alpha value is -1.50. The summed E-state index contributed by atoms with van der Waals surface area (Å²) in [6, 6.07) is 1.94. The van der Waals surface area contributed by atoms with Gasteiger partial charge in [0.2, 0.25) is 5.91 Å². The van der Waals surface area contributed by atoms with E-state index in [2.05, 4.69) is 15.3 Å². The van der Waals surface area contributed by atoms with Crippen LogP contribution in [0.15, 0.2) is 11.2 Å². The van der Waals surface area contributed by atoms with Crippen molar-refractivity contribution in [3.8, 4) is 0 Å². The van der Waals surface area contributed by atoms with Gasteiger partial charge in [-0.15, -0.1) is 0 Å². The van der Waals surface area contributed by atoms with Gasteiger partial charge in [0.1, 0.15) is 11.6 Å². The van der Waals surface area contributed by atoms with Crippen molar-refractivity contribution in [1.82, 2.24) is 9.97 Å². The van der Waals surface area contributed by atoms with Crippen LogP contribution in [0.2, 0.25) is 0 Å². The molecule has 1 aromatic heterocycles. The fourth-order valence-corrected chi connectivity index (χ4v) is 1.85. The van der Waals surface area contributed by atoms with Crippen LogP contribution in [0.3, 0.4) is 0 Å². The number of amides is 1. The number of primary amides is 1. The molecule has 100 valence electrons. The summed E-state index contributed by atoms with van der Waals surface area (Å²) < 4.78 is 0. The number of rotatable bonds is 6. The lowest BCUT2D eigenvalue weighted by atomic mass is 10.3. The molecule has 6 nitrogen and oxygen atoms in total. The first-order valence-corrected chi connectivity index (χ1v) is 6.86. The van der Waals surface area contributed by atoms with E-state index in [-0.39, 0.29) is 18.5 Å². The van der Waals surface area contributed by atoms with Gasteiger partial charge in [-0.1, -0.05) is 11.8 Å². The highest BCUT2D eigenvalue weighted by atomic mass is 32.2. The number of nitrogens with two attached hydrogens (primary N) is 1. The van der Waals surface area contributed by atoms with Gasteiger partial charge in [-0.3, -0.25) is 4.79 Å². The first-order chi connectivity index (χ1) is 8.47. The molecule has 0 saturated heterocycles. The van der Waals surface area contributed by atoms with Crippen LogP contribution in [0, 0.1) is 0 Å². The maximum absolute atomic E-state index is 11.1. The standard InChI is InChI=1S/C11H19N5OS/c1-7(2)16(6-8(12)17)10-5-9(13-3)14-11(15-10)18-4/h5,7H,6H2,1-4H3,(H2,12,17)(H,13,14,15). The van der Waals surface area contributed by atoms with Crippen LogP contribution in [-0.2, 0) is 4.79 Å². The number of hydrogen-bond donors (Lipinski definition) is 2. The zero-order valence-electron chi connectivity index (χ0n) is 11.1. The van der Waals surface area contributed by atoms with E-state index < -0.39 is 0 Å². The summed E-state index contributed by atoms with van der Waals surface area (Å²) >= 11 is 1.46. The molecule has 0 aromatic carbocycles. The van der Waals surface area contributed by atoms with Crippen LogP contribution in [0.1, 0.15) is 13.8 Å². The number of carbonyl (C=O) groups is 1. The zero-order valence-corrected chi connectivity index (χ0v) is 11.9. The molecular formula is C11H19N5OS. The van der Waals surface area contributed by atoms with Gasteiger partial charge in [-0.25, -0.2) is 9.97 Å². The molecule has 0 radical (unpaired) electrons. The van der Waals surface area contributed by atoms with Crippen LogP contribution in [0.5, 0.6) is 0 Å². The summed E-state index contributed by atoms with van der Waals surface area (Å²) in [6.45, 7) is 4.12. The number of nitrogens with one attached hydrogen (secondary N) is 1. The van der Waals surface area contributed by atoms with E-state index in [4.69, 9.17) is 5.73 Å². The Labute approximate surface area is 111 Å². The lowest BCUT2D eigenvalue weighted by molar-refractivity contribution is -0.116. The summed E-state index contributed by atoms with van der Waals surface area (Å²) in [5.41, 5.74) is 5.26. The molecule has 1 heterocycles. The minimum Gasteiger partial charge on any atom is -0.373 e. The van der Waals surface area contributed by atoms with E-state index in [0.717, 1.165) is 5.82 Å². The SMILES string of the molecule is CNc1cc(N(CC(N)=O)C(C)C)nc(SC)n1. The van der Waals surface area contributed by atoms with Crippen molar-refractivity contribution in [2.75, 3.05) is 30.1 Å². The highest BCUT2D eigenvalue weighted by Gasteiger charge is 2.16. The number of anilines is 2. The molecule has 0 spiro atoms. The van der Waals surface area contributed by atoms with E-state index in [1.807, 2.05) is 31.1 Å². The largest absolute Gasteiger partial charge is 0.373 e. The molecular weight excluding hydrogens is 250 g/mol. The van der Waals surface area contributed by atoms with E-state index in [1.165, 1.54) is 11.8 Å². The number of thioether (sulfide) groups is 1. The minimum absolute atomic E-state index is 0.131. The van der Waals surface area contributed by atoms with Crippen molar-refractivity contribution in [2.24, 2.45) is 5.73 Å². The highest BCUT2D eigenvalue weighted by Crippen LogP contribution is 2.21. The van der Waals surface area contributed by atoms with Gasteiger partial charge in [0.25, 0.3) is 0 Å². The molecule has 0 aliphatic carbocycles. The molecule has 0 unspecified atom stereocenters. The van der Waals surface area contributed by atoms with Crippen molar-refractivity contribution < 1.29 is 4.79 Å². The predicted octanol–water partition coefficient (Wildman–Crippen LogP) is 0.940. The topological polar surface area (TPSA) is 84.1 Å². The van der Waals surface area contributed by atoms with E-state index in [1.54, 1.807) is 7.05 Å². The Kier molecular flexibility index (Phi) is 5.21. The highest BCUT2D eigenvalue weighted by molar-refractivity contribution is 7.98. The molecule has 7 heteroatoms. The average molecular weight is 269 g/mol. The van der Waals surface area contributed by atoms with Gasteiger partial charge in [0, 0.05) is 19.2 Å². The monoisotopic (exact) mass is 269 g/mol. The van der Waals surface area contributed by atoms with Crippen molar-refractivity contribution in [1.29, 1.82) is 0 Å². The van der Waals surface area contributed by atoms with Crippen LogP contribution in [-0.4, -0.2) is 41.8 Å². The molecule has 0 fully saturated rings. The normalized spacial score (nSPS) is 10.5. The Bertz CT molecular complexity index is 402. The fraction of sp³-hybridized carbons (Fsp3) is 0.545. The Morgan fingerprint density at radius 3 is 2.67 bits per heavy atom. The smallest absolute Gasteiger partial charge is 0.237 e. The predicted molar refractivity (Wildman–Crippen MR) is 75.0 cm³/mol. The lowest BCUT2D eigenvalue weighted by Crippen LogP contribution is -2.39. The number of aromatic nitrogens is 2. The van der Waals surface area contributed by atoms with Crippen LogP contribution in [0.4, 0.5) is 11.6 Å². The molecule has 1 amide bonds. The molecule has 0 bridgehead atoms. The van der Waals surface area contributed by atoms with Gasteiger partial charge in [0.15, 0.2) is 5.16 Å². The molecule has 3 N–H and O–H groups in total. The molecule has 0 saturated carbocycles. The Morgan fingerprint density at radius 1 is 1.56 bits per heavy atom. The Balaban J connectivity index is 3.13. The average Bonchev–Trinajstić information content (AvgIpc) is 2.34. The third-order valence-electron chi connectivity index (χ3n) is 2.37. The molecule has 1 aromatic rings. The van der Waals surface area contributed by atoms with Crippen LogP contribution >= 0.6 is 11.8 Å². The van der Waals surface area contributed by atoms with Gasteiger partial charge in [-0.05, 0) is 20.1 Å². The van der Waals surface area contributed by atoms with Gasteiger partial charge in [0.05, 0.1) is 6.54 Å². The summed E-state index contributed by atoms with van der Waals surface area (Å²) in [5.74, 6) is 1.05. The van der Waals surface area contributed by atoms with E-state index in [0.29, 0.717) is 11.0 Å². The first-order valence-electron chi connectivity index (χ1n) is 5.63. The van der Waals surface area contributed by atoms with Gasteiger partial charge < -0.3 is 16.0 Å². The second-order valence-electron chi connectivity index (χ2n) is 4.04. The zero-order chi connectivity index (χ0) is 13.7. The second kappa shape index (κ2) is 6.44. The number of nitrogens with zero attached hydrogens (tertiary/aromatic N) is 3. The lowest BCUT2D eigenvalue weighted by Gasteiger charge is -2.26. The second-order valence-corrected chi connectivity index (χ2v) is 4.81. The van der Waals surface area contributed by atoms with Crippen LogP contribution < -0.4 is 16.0 Å². The third kappa shape index (κ3) is 3.76. The van der Waals surface area contributed by atoms with E-state index >= 15 is 0 Å². The maximum Gasteiger partial charge on any atom is 0.237 e. The number of hydrogen-bond acceptors (Lipinski definition) is 6. The summed E-state index contributed by atoms with van der Waals surface area (Å²) in [4.78, 5) is 21.7. The summed E-state index contributed by atoms with van der Waals surface area (Å²) in [7, 11) is 1.80. The summed E-state index contributed by atoms with van der Waals surface area (Å²) in [5, 5.41) is 3.64.